The van der Waals surface area contributed by atoms with Crippen LogP contribution in [0.25, 0.3) is 11.5 Å². The van der Waals surface area contributed by atoms with Gasteiger partial charge in [-0.15, -0.1) is 10.2 Å². The van der Waals surface area contributed by atoms with E-state index >= 15 is 0 Å². The summed E-state index contributed by atoms with van der Waals surface area (Å²) in [5, 5.41) is 11.4. The average molecular weight is 355 g/mol. The summed E-state index contributed by atoms with van der Waals surface area (Å²) in [7, 11) is 4.72. The lowest BCUT2D eigenvalue weighted by molar-refractivity contribution is 0.324. The fraction of sp³-hybridized carbons (Fsp3) is 0.263. The van der Waals surface area contributed by atoms with Gasteiger partial charge in [-0.3, -0.25) is 0 Å². The van der Waals surface area contributed by atoms with Gasteiger partial charge in [-0.25, -0.2) is 0 Å². The number of aryl methyl sites for hydroxylation is 1. The Morgan fingerprint density at radius 3 is 2.15 bits per heavy atom. The summed E-state index contributed by atoms with van der Waals surface area (Å²) in [6, 6.07) is 11.6. The zero-order valence-electron chi connectivity index (χ0n) is 15.2. The van der Waals surface area contributed by atoms with Crippen LogP contribution >= 0.6 is 0 Å². The van der Waals surface area contributed by atoms with Crippen LogP contribution in [-0.4, -0.2) is 31.5 Å². The smallest absolute Gasteiger partial charge is 0.247 e. The molecule has 0 unspecified atom stereocenters. The Morgan fingerprint density at radius 2 is 1.58 bits per heavy atom. The molecular formula is C19H21N3O4. The summed E-state index contributed by atoms with van der Waals surface area (Å²) in [6.07, 6.45) is 0. The highest BCUT2D eigenvalue weighted by Gasteiger charge is 2.14. The third kappa shape index (κ3) is 3.72. The van der Waals surface area contributed by atoms with E-state index in [0.717, 1.165) is 11.3 Å². The maximum atomic E-state index is 5.72. The van der Waals surface area contributed by atoms with Gasteiger partial charge in [0.1, 0.15) is 0 Å². The number of rotatable bonds is 7. The van der Waals surface area contributed by atoms with Crippen molar-refractivity contribution in [2.45, 2.75) is 13.5 Å². The summed E-state index contributed by atoms with van der Waals surface area (Å²) in [6.45, 7) is 2.40. The fourth-order valence-corrected chi connectivity index (χ4v) is 2.50. The topological polar surface area (TPSA) is 78.6 Å². The van der Waals surface area contributed by atoms with Crippen molar-refractivity contribution in [3.63, 3.8) is 0 Å². The molecule has 2 aromatic carbocycles. The Balaban J connectivity index is 1.74. The molecule has 0 bridgehead atoms. The van der Waals surface area contributed by atoms with Crippen LogP contribution in [0.2, 0.25) is 0 Å². The fourth-order valence-electron chi connectivity index (χ4n) is 2.50. The molecule has 3 aromatic rings. The van der Waals surface area contributed by atoms with Gasteiger partial charge in [0, 0.05) is 23.4 Å². The van der Waals surface area contributed by atoms with Gasteiger partial charge in [0.05, 0.1) is 27.9 Å². The molecule has 0 amide bonds. The first-order valence-corrected chi connectivity index (χ1v) is 8.08. The van der Waals surface area contributed by atoms with Gasteiger partial charge < -0.3 is 23.9 Å². The Kier molecular flexibility index (Phi) is 5.26. The van der Waals surface area contributed by atoms with Gasteiger partial charge in [-0.1, -0.05) is 17.7 Å². The number of nitrogens with one attached hydrogen (secondary N) is 1. The van der Waals surface area contributed by atoms with E-state index in [4.69, 9.17) is 18.6 Å². The van der Waals surface area contributed by atoms with Crippen molar-refractivity contribution in [3.8, 4) is 28.7 Å². The Bertz CT molecular complexity index is 850. The highest BCUT2D eigenvalue weighted by molar-refractivity contribution is 5.62. The first kappa shape index (κ1) is 17.6. The monoisotopic (exact) mass is 355 g/mol. The van der Waals surface area contributed by atoms with E-state index in [1.54, 1.807) is 21.3 Å². The van der Waals surface area contributed by atoms with Gasteiger partial charge in [-0.05, 0) is 19.1 Å². The van der Waals surface area contributed by atoms with Crippen molar-refractivity contribution in [2.75, 3.05) is 26.6 Å². The third-order valence-corrected chi connectivity index (χ3v) is 3.87. The van der Waals surface area contributed by atoms with Gasteiger partial charge in [-0.2, -0.15) is 0 Å². The van der Waals surface area contributed by atoms with Crippen molar-refractivity contribution in [1.29, 1.82) is 0 Å². The zero-order valence-corrected chi connectivity index (χ0v) is 15.2. The van der Waals surface area contributed by atoms with Gasteiger partial charge in [0.2, 0.25) is 17.5 Å². The number of hydrogen-bond donors (Lipinski definition) is 1. The number of anilines is 1. The second-order valence-corrected chi connectivity index (χ2v) is 5.63. The van der Waals surface area contributed by atoms with Crippen LogP contribution < -0.4 is 19.5 Å². The van der Waals surface area contributed by atoms with Crippen LogP contribution in [0.15, 0.2) is 40.8 Å². The molecule has 0 aliphatic heterocycles. The highest BCUT2D eigenvalue weighted by Crippen LogP contribution is 2.40. The van der Waals surface area contributed by atoms with E-state index in [1.807, 2.05) is 43.3 Å². The summed E-state index contributed by atoms with van der Waals surface area (Å²) < 4.78 is 21.7. The molecule has 0 aliphatic carbocycles. The zero-order chi connectivity index (χ0) is 18.5. The lowest BCUT2D eigenvalue weighted by Gasteiger charge is -2.14. The molecule has 0 atom stereocenters. The van der Waals surface area contributed by atoms with E-state index in [-0.39, 0.29) is 0 Å². The largest absolute Gasteiger partial charge is 0.493 e. The molecule has 26 heavy (non-hydrogen) atoms. The minimum absolute atomic E-state index is 0.373. The number of aromatic nitrogens is 2. The maximum Gasteiger partial charge on any atom is 0.247 e. The van der Waals surface area contributed by atoms with Gasteiger partial charge >= 0.3 is 0 Å². The van der Waals surface area contributed by atoms with Crippen molar-refractivity contribution in [2.24, 2.45) is 0 Å². The minimum atomic E-state index is 0.373. The number of methoxy groups -OCH3 is 3. The maximum absolute atomic E-state index is 5.72. The second kappa shape index (κ2) is 7.77. The molecule has 0 fully saturated rings. The highest BCUT2D eigenvalue weighted by atomic mass is 16.5. The number of benzene rings is 2. The van der Waals surface area contributed by atoms with Crippen molar-refractivity contribution in [3.05, 3.63) is 47.9 Å². The standard InChI is InChI=1S/C19H21N3O4/c1-12-5-7-13(8-6-12)19-22-21-17(26-19)11-20-14-9-15(23-2)18(25-4)16(10-14)24-3/h5-10,20H,11H2,1-4H3. The third-order valence-electron chi connectivity index (χ3n) is 3.87. The molecule has 0 saturated carbocycles. The van der Waals surface area contributed by atoms with E-state index in [0.29, 0.717) is 35.6 Å². The number of nitrogens with zero attached hydrogens (tertiary/aromatic N) is 2. The van der Waals surface area contributed by atoms with E-state index in [1.165, 1.54) is 5.56 Å². The normalized spacial score (nSPS) is 10.5. The molecule has 1 heterocycles. The van der Waals surface area contributed by atoms with Crippen LogP contribution in [0.4, 0.5) is 5.69 Å². The Labute approximate surface area is 151 Å². The molecule has 0 saturated heterocycles. The minimum Gasteiger partial charge on any atom is -0.493 e. The lowest BCUT2D eigenvalue weighted by Crippen LogP contribution is -2.02. The van der Waals surface area contributed by atoms with Crippen LogP contribution in [0.5, 0.6) is 17.2 Å². The van der Waals surface area contributed by atoms with E-state index in [9.17, 15) is 0 Å². The number of hydrogen-bond acceptors (Lipinski definition) is 7. The molecule has 7 nitrogen and oxygen atoms in total. The van der Waals surface area contributed by atoms with Crippen LogP contribution in [-0.2, 0) is 6.54 Å². The lowest BCUT2D eigenvalue weighted by atomic mass is 10.1. The predicted octanol–water partition coefficient (Wildman–Crippen LogP) is 3.68. The molecule has 3 rings (SSSR count). The van der Waals surface area contributed by atoms with Gasteiger partial charge in [0.15, 0.2) is 11.5 Å². The first-order valence-electron chi connectivity index (χ1n) is 8.08. The summed E-state index contributed by atoms with van der Waals surface area (Å²) in [5.41, 5.74) is 2.86. The predicted molar refractivity (Wildman–Crippen MR) is 97.9 cm³/mol. The Hall–Kier alpha value is -3.22. The van der Waals surface area contributed by atoms with Crippen LogP contribution in [0, 0.1) is 6.92 Å². The average Bonchev–Trinajstić information content (AvgIpc) is 3.15. The van der Waals surface area contributed by atoms with Crippen LogP contribution in [0.1, 0.15) is 11.5 Å². The Morgan fingerprint density at radius 1 is 0.923 bits per heavy atom. The summed E-state index contributed by atoms with van der Waals surface area (Å²) in [4.78, 5) is 0. The molecule has 1 aromatic heterocycles. The number of ether oxygens (including phenoxy) is 3. The summed E-state index contributed by atoms with van der Waals surface area (Å²) >= 11 is 0. The summed E-state index contributed by atoms with van der Waals surface area (Å²) in [5.74, 6) is 2.65. The van der Waals surface area contributed by atoms with Crippen molar-refractivity contribution in [1.82, 2.24) is 10.2 Å². The molecule has 136 valence electrons. The van der Waals surface area contributed by atoms with E-state index < -0.39 is 0 Å². The van der Waals surface area contributed by atoms with E-state index in [2.05, 4.69) is 15.5 Å². The SMILES string of the molecule is COc1cc(NCc2nnc(-c3ccc(C)cc3)o2)cc(OC)c1OC. The van der Waals surface area contributed by atoms with Crippen LogP contribution in [0.3, 0.4) is 0 Å². The van der Waals surface area contributed by atoms with Crippen molar-refractivity contribution >= 4 is 5.69 Å². The molecule has 0 aliphatic rings. The quantitative estimate of drug-likeness (QED) is 0.692. The second-order valence-electron chi connectivity index (χ2n) is 5.63. The van der Waals surface area contributed by atoms with Crippen molar-refractivity contribution < 1.29 is 18.6 Å². The molecule has 1 N–H and O–H groups in total. The van der Waals surface area contributed by atoms with Gasteiger partial charge in [0.25, 0.3) is 0 Å². The molecule has 0 spiro atoms. The molecular weight excluding hydrogens is 334 g/mol. The molecule has 0 radical (unpaired) electrons. The first-order chi connectivity index (χ1) is 12.6. The molecule has 7 heteroatoms.